The van der Waals surface area contributed by atoms with Gasteiger partial charge >= 0.3 is 0 Å². The minimum absolute atomic E-state index is 0.292. The minimum Gasteiger partial charge on any atom is -0.308 e. The molecule has 0 aliphatic rings. The van der Waals surface area contributed by atoms with Gasteiger partial charge in [-0.3, -0.25) is 4.68 Å². The molecule has 0 fully saturated rings. The second kappa shape index (κ2) is 7.12. The van der Waals surface area contributed by atoms with Gasteiger partial charge in [-0.25, -0.2) is 0 Å². The van der Waals surface area contributed by atoms with Gasteiger partial charge in [-0.1, -0.05) is 22.9 Å². The van der Waals surface area contributed by atoms with Gasteiger partial charge in [-0.05, 0) is 36.9 Å². The topological polar surface area (TPSA) is 29.9 Å². The summed E-state index contributed by atoms with van der Waals surface area (Å²) in [5, 5.41) is 7.98. The standard InChI is InChI=1S/C14H18BrN3S/c1-3-16-14(13-8-9-18(2)17-13)10-19-12-6-4-11(15)5-7-12/h4-9,14,16H,3,10H2,1-2H3. The fourth-order valence-electron chi connectivity index (χ4n) is 1.82. The second-order valence-electron chi connectivity index (χ2n) is 4.29. The van der Waals surface area contributed by atoms with Crippen molar-refractivity contribution in [3.63, 3.8) is 0 Å². The van der Waals surface area contributed by atoms with Crippen molar-refractivity contribution in [2.75, 3.05) is 12.3 Å². The maximum absolute atomic E-state index is 4.49. The second-order valence-corrected chi connectivity index (χ2v) is 6.30. The molecule has 0 saturated carbocycles. The lowest BCUT2D eigenvalue weighted by atomic mass is 10.2. The van der Waals surface area contributed by atoms with E-state index in [0.717, 1.165) is 22.5 Å². The Morgan fingerprint density at radius 3 is 2.63 bits per heavy atom. The first-order valence-corrected chi connectivity index (χ1v) is 8.08. The highest BCUT2D eigenvalue weighted by Crippen LogP contribution is 2.25. The van der Waals surface area contributed by atoms with Gasteiger partial charge in [0.15, 0.2) is 0 Å². The Balaban J connectivity index is 1.99. The Hall–Kier alpha value is -0.780. The molecule has 1 atom stereocenters. The molecule has 0 aliphatic carbocycles. The maximum atomic E-state index is 4.49. The summed E-state index contributed by atoms with van der Waals surface area (Å²) >= 11 is 5.30. The summed E-state index contributed by atoms with van der Waals surface area (Å²) in [5.41, 5.74) is 1.11. The van der Waals surface area contributed by atoms with Crippen LogP contribution in [0.4, 0.5) is 0 Å². The molecule has 2 rings (SSSR count). The van der Waals surface area contributed by atoms with Crippen LogP contribution >= 0.6 is 27.7 Å². The Morgan fingerprint density at radius 2 is 2.05 bits per heavy atom. The molecule has 102 valence electrons. The molecule has 0 saturated heterocycles. The molecule has 1 unspecified atom stereocenters. The Labute approximate surface area is 126 Å². The van der Waals surface area contributed by atoms with E-state index in [0.29, 0.717) is 6.04 Å². The zero-order valence-electron chi connectivity index (χ0n) is 11.1. The van der Waals surface area contributed by atoms with Gasteiger partial charge in [0.1, 0.15) is 0 Å². The summed E-state index contributed by atoms with van der Waals surface area (Å²) in [6, 6.07) is 10.8. The quantitative estimate of drug-likeness (QED) is 0.815. The van der Waals surface area contributed by atoms with Crippen LogP contribution in [0.1, 0.15) is 18.7 Å². The largest absolute Gasteiger partial charge is 0.308 e. The van der Waals surface area contributed by atoms with E-state index in [-0.39, 0.29) is 0 Å². The molecule has 5 heteroatoms. The van der Waals surface area contributed by atoms with Gasteiger partial charge in [0.2, 0.25) is 0 Å². The van der Waals surface area contributed by atoms with Crippen molar-refractivity contribution in [1.29, 1.82) is 0 Å². The average Bonchev–Trinajstić information content (AvgIpc) is 2.83. The number of nitrogens with one attached hydrogen (secondary N) is 1. The van der Waals surface area contributed by atoms with Gasteiger partial charge < -0.3 is 5.32 Å². The Morgan fingerprint density at radius 1 is 1.32 bits per heavy atom. The number of hydrogen-bond donors (Lipinski definition) is 1. The first-order valence-electron chi connectivity index (χ1n) is 6.30. The highest BCUT2D eigenvalue weighted by atomic mass is 79.9. The van der Waals surface area contributed by atoms with Crippen LogP contribution in [0.15, 0.2) is 45.9 Å². The van der Waals surface area contributed by atoms with Crippen molar-refractivity contribution in [3.05, 3.63) is 46.7 Å². The maximum Gasteiger partial charge on any atom is 0.0802 e. The molecule has 1 aromatic carbocycles. The van der Waals surface area contributed by atoms with Crippen LogP contribution in [0.3, 0.4) is 0 Å². The van der Waals surface area contributed by atoms with Gasteiger partial charge in [-0.2, -0.15) is 5.10 Å². The molecular weight excluding hydrogens is 322 g/mol. The van der Waals surface area contributed by atoms with E-state index < -0.39 is 0 Å². The number of hydrogen-bond acceptors (Lipinski definition) is 3. The lowest BCUT2D eigenvalue weighted by molar-refractivity contribution is 0.578. The van der Waals surface area contributed by atoms with E-state index >= 15 is 0 Å². The third kappa shape index (κ3) is 4.37. The molecule has 0 bridgehead atoms. The molecule has 0 amide bonds. The van der Waals surface area contributed by atoms with E-state index in [1.165, 1.54) is 4.90 Å². The number of aryl methyl sites for hydroxylation is 1. The monoisotopic (exact) mass is 339 g/mol. The summed E-state index contributed by atoms with van der Waals surface area (Å²) in [6.07, 6.45) is 1.99. The zero-order valence-corrected chi connectivity index (χ0v) is 13.5. The fourth-order valence-corrected chi connectivity index (χ4v) is 3.07. The molecule has 19 heavy (non-hydrogen) atoms. The first-order chi connectivity index (χ1) is 9.19. The van der Waals surface area contributed by atoms with Gasteiger partial charge in [0.05, 0.1) is 11.7 Å². The number of thioether (sulfide) groups is 1. The summed E-state index contributed by atoms with van der Waals surface area (Å²) in [5.74, 6) is 0.979. The molecule has 2 aromatic rings. The van der Waals surface area contributed by atoms with Crippen molar-refractivity contribution in [2.24, 2.45) is 7.05 Å². The molecule has 1 heterocycles. The van der Waals surface area contributed by atoms with Crippen molar-refractivity contribution in [3.8, 4) is 0 Å². The summed E-state index contributed by atoms with van der Waals surface area (Å²) in [6.45, 7) is 3.07. The summed E-state index contributed by atoms with van der Waals surface area (Å²) in [4.78, 5) is 1.28. The molecule has 0 aliphatic heterocycles. The van der Waals surface area contributed by atoms with Crippen molar-refractivity contribution >= 4 is 27.7 Å². The third-order valence-corrected chi connectivity index (χ3v) is 4.41. The lowest BCUT2D eigenvalue weighted by Gasteiger charge is -2.15. The smallest absolute Gasteiger partial charge is 0.0802 e. The SMILES string of the molecule is CCNC(CSc1ccc(Br)cc1)c1ccn(C)n1. The summed E-state index contributed by atoms with van der Waals surface area (Å²) in [7, 11) is 1.95. The number of nitrogens with zero attached hydrogens (tertiary/aromatic N) is 2. The van der Waals surface area contributed by atoms with E-state index in [4.69, 9.17) is 0 Å². The van der Waals surface area contributed by atoms with Gasteiger partial charge in [0.25, 0.3) is 0 Å². The van der Waals surface area contributed by atoms with E-state index in [1.807, 2.05) is 29.7 Å². The van der Waals surface area contributed by atoms with E-state index in [9.17, 15) is 0 Å². The predicted molar refractivity (Wildman–Crippen MR) is 84.5 cm³/mol. The number of aromatic nitrogens is 2. The first kappa shape index (κ1) is 14.6. The van der Waals surface area contributed by atoms with Crippen molar-refractivity contribution in [2.45, 2.75) is 17.9 Å². The molecule has 1 aromatic heterocycles. The highest BCUT2D eigenvalue weighted by molar-refractivity contribution is 9.10. The number of benzene rings is 1. The molecule has 0 radical (unpaired) electrons. The number of halogens is 1. The zero-order chi connectivity index (χ0) is 13.7. The fraction of sp³-hybridized carbons (Fsp3) is 0.357. The predicted octanol–water partition coefficient (Wildman–Crippen LogP) is 3.63. The van der Waals surface area contributed by atoms with Crippen LogP contribution in [0, 0.1) is 0 Å². The van der Waals surface area contributed by atoms with E-state index in [2.05, 4.69) is 63.6 Å². The third-order valence-electron chi connectivity index (χ3n) is 2.77. The Bertz CT molecular complexity index is 510. The minimum atomic E-state index is 0.292. The summed E-state index contributed by atoms with van der Waals surface area (Å²) < 4.78 is 2.97. The average molecular weight is 340 g/mol. The molecular formula is C14H18BrN3S. The van der Waals surface area contributed by atoms with Crippen LogP contribution in [0.25, 0.3) is 0 Å². The van der Waals surface area contributed by atoms with E-state index in [1.54, 1.807) is 0 Å². The van der Waals surface area contributed by atoms with Crippen LogP contribution in [-0.2, 0) is 7.05 Å². The molecule has 1 N–H and O–H groups in total. The highest BCUT2D eigenvalue weighted by Gasteiger charge is 2.13. The normalized spacial score (nSPS) is 12.6. The van der Waals surface area contributed by atoms with Gasteiger partial charge in [0, 0.05) is 28.4 Å². The molecule has 3 nitrogen and oxygen atoms in total. The van der Waals surface area contributed by atoms with Crippen molar-refractivity contribution < 1.29 is 0 Å². The molecule has 0 spiro atoms. The van der Waals surface area contributed by atoms with Crippen LogP contribution in [-0.4, -0.2) is 22.1 Å². The van der Waals surface area contributed by atoms with Crippen LogP contribution in [0.5, 0.6) is 0 Å². The Kier molecular flexibility index (Phi) is 5.48. The van der Waals surface area contributed by atoms with Crippen LogP contribution < -0.4 is 5.32 Å². The van der Waals surface area contributed by atoms with Gasteiger partial charge in [-0.15, -0.1) is 11.8 Å². The lowest BCUT2D eigenvalue weighted by Crippen LogP contribution is -2.23. The van der Waals surface area contributed by atoms with Crippen LogP contribution in [0.2, 0.25) is 0 Å². The number of rotatable bonds is 6. The van der Waals surface area contributed by atoms with Crippen molar-refractivity contribution in [1.82, 2.24) is 15.1 Å².